The van der Waals surface area contributed by atoms with E-state index in [-0.39, 0.29) is 11.9 Å². The second-order valence-electron chi connectivity index (χ2n) is 9.01. The summed E-state index contributed by atoms with van der Waals surface area (Å²) in [5.74, 6) is 1.24. The zero-order chi connectivity index (χ0) is 25.6. The van der Waals surface area contributed by atoms with Gasteiger partial charge in [0.05, 0.1) is 23.9 Å². The Kier molecular flexibility index (Phi) is 8.12. The normalized spacial score (nSPS) is 18.5. The minimum absolute atomic E-state index is 0.00146. The molecule has 5 rings (SSSR count). The molecule has 1 amide bonds. The number of carbonyl (C=O) groups is 1. The highest BCUT2D eigenvalue weighted by Crippen LogP contribution is 2.39. The van der Waals surface area contributed by atoms with E-state index in [0.717, 1.165) is 42.5 Å². The van der Waals surface area contributed by atoms with Crippen LogP contribution in [-0.2, 0) is 11.4 Å². The topological polar surface area (TPSA) is 64.0 Å². The maximum atomic E-state index is 13.6. The number of pyridine rings is 1. The molecular formula is C29H28ClN3O3S. The molecule has 1 aliphatic heterocycles. The monoisotopic (exact) mass is 533 g/mol. The smallest absolute Gasteiger partial charge is 0.267 e. The number of halogens is 1. The molecule has 37 heavy (non-hydrogen) atoms. The molecule has 0 unspecified atom stereocenters. The number of benzene rings is 2. The second-order valence-corrected chi connectivity index (χ2v) is 10.5. The van der Waals surface area contributed by atoms with Crippen LogP contribution >= 0.6 is 23.4 Å². The molecule has 1 saturated heterocycles. The maximum Gasteiger partial charge on any atom is 0.267 e. The summed E-state index contributed by atoms with van der Waals surface area (Å²) >= 11 is 7.38. The average Bonchev–Trinajstić information content (AvgIpc) is 3.23. The molecule has 2 aliphatic rings. The number of rotatable bonds is 7. The molecule has 0 N–H and O–H groups in total. The molecule has 8 heteroatoms. The van der Waals surface area contributed by atoms with E-state index in [2.05, 4.69) is 4.98 Å². The fourth-order valence-electron chi connectivity index (χ4n) is 4.54. The molecule has 0 bridgehead atoms. The van der Waals surface area contributed by atoms with Crippen LogP contribution in [0.15, 0.2) is 76.9 Å². The van der Waals surface area contributed by atoms with Crippen LogP contribution in [0.1, 0.15) is 43.2 Å². The van der Waals surface area contributed by atoms with Crippen molar-refractivity contribution >= 4 is 46.2 Å². The van der Waals surface area contributed by atoms with Gasteiger partial charge >= 0.3 is 0 Å². The summed E-state index contributed by atoms with van der Waals surface area (Å²) in [6.45, 7) is 0.396. The third-order valence-electron chi connectivity index (χ3n) is 6.44. The predicted molar refractivity (Wildman–Crippen MR) is 149 cm³/mol. The molecule has 2 fully saturated rings. The van der Waals surface area contributed by atoms with Crippen LogP contribution < -0.4 is 9.47 Å². The maximum absolute atomic E-state index is 13.6. The van der Waals surface area contributed by atoms with Crippen molar-refractivity contribution in [2.75, 3.05) is 7.11 Å². The lowest BCUT2D eigenvalue weighted by molar-refractivity contribution is -0.124. The van der Waals surface area contributed by atoms with Gasteiger partial charge in [0, 0.05) is 17.3 Å². The number of thioether (sulfide) groups is 1. The van der Waals surface area contributed by atoms with Crippen LogP contribution in [0.5, 0.6) is 11.5 Å². The van der Waals surface area contributed by atoms with E-state index in [4.69, 9.17) is 26.1 Å². The van der Waals surface area contributed by atoms with Gasteiger partial charge in [-0.1, -0.05) is 49.1 Å². The van der Waals surface area contributed by atoms with E-state index >= 15 is 0 Å². The highest BCUT2D eigenvalue weighted by atomic mass is 35.5. The highest BCUT2D eigenvalue weighted by Gasteiger charge is 2.38. The van der Waals surface area contributed by atoms with Crippen LogP contribution in [0.4, 0.5) is 5.69 Å². The number of hydrogen-bond acceptors (Lipinski definition) is 6. The predicted octanol–water partition coefficient (Wildman–Crippen LogP) is 7.26. The van der Waals surface area contributed by atoms with Crippen molar-refractivity contribution in [1.82, 2.24) is 9.88 Å². The quantitative estimate of drug-likeness (QED) is 0.299. The molecule has 0 spiro atoms. The summed E-state index contributed by atoms with van der Waals surface area (Å²) in [5.41, 5.74) is 2.61. The largest absolute Gasteiger partial charge is 0.493 e. The molecule has 0 radical (unpaired) electrons. The molecule has 3 aromatic rings. The summed E-state index contributed by atoms with van der Waals surface area (Å²) < 4.78 is 11.6. The van der Waals surface area contributed by atoms with Gasteiger partial charge in [0.25, 0.3) is 5.91 Å². The van der Waals surface area contributed by atoms with Gasteiger partial charge in [0.2, 0.25) is 0 Å². The summed E-state index contributed by atoms with van der Waals surface area (Å²) in [5, 5.41) is 1.40. The number of amides is 1. The first-order valence-corrected chi connectivity index (χ1v) is 13.6. The summed E-state index contributed by atoms with van der Waals surface area (Å²) in [6, 6.07) is 17.2. The number of methoxy groups -OCH3 is 1. The minimum atomic E-state index is 0.00146. The lowest BCUT2D eigenvalue weighted by atomic mass is 9.94. The van der Waals surface area contributed by atoms with E-state index in [1.54, 1.807) is 19.5 Å². The van der Waals surface area contributed by atoms with Crippen molar-refractivity contribution in [2.45, 2.75) is 44.8 Å². The number of aromatic nitrogens is 1. The van der Waals surface area contributed by atoms with Crippen molar-refractivity contribution in [2.24, 2.45) is 4.99 Å². The lowest BCUT2D eigenvalue weighted by Gasteiger charge is -2.30. The summed E-state index contributed by atoms with van der Waals surface area (Å²) in [6.07, 6.45) is 10.8. The van der Waals surface area contributed by atoms with Gasteiger partial charge in [-0.3, -0.25) is 14.7 Å². The van der Waals surface area contributed by atoms with Crippen LogP contribution in [0.2, 0.25) is 5.02 Å². The molecule has 0 atom stereocenters. The van der Waals surface area contributed by atoms with Crippen molar-refractivity contribution in [3.63, 3.8) is 0 Å². The van der Waals surface area contributed by atoms with Crippen LogP contribution in [0, 0.1) is 0 Å². The Morgan fingerprint density at radius 2 is 1.92 bits per heavy atom. The van der Waals surface area contributed by atoms with Gasteiger partial charge in [-0.15, -0.1) is 0 Å². The van der Waals surface area contributed by atoms with Gasteiger partial charge in [-0.05, 0) is 78.2 Å². The Balaban J connectivity index is 1.38. The van der Waals surface area contributed by atoms with Crippen LogP contribution in [0.25, 0.3) is 6.08 Å². The van der Waals surface area contributed by atoms with Gasteiger partial charge in [0.1, 0.15) is 6.61 Å². The number of ether oxygens (including phenoxy) is 2. The number of nitrogens with zero attached hydrogens (tertiary/aromatic N) is 3. The molecular weight excluding hydrogens is 506 g/mol. The number of amidine groups is 1. The van der Waals surface area contributed by atoms with E-state index in [9.17, 15) is 4.79 Å². The SMILES string of the molecule is COc1cc(/C=C2\SC(=Nc3cccnc3)N(C3CCCCC3)C2=O)ccc1OCc1ccc(Cl)cc1. The summed E-state index contributed by atoms with van der Waals surface area (Å²) in [7, 11) is 1.61. The Bertz CT molecular complexity index is 1310. The minimum Gasteiger partial charge on any atom is -0.493 e. The van der Waals surface area contributed by atoms with E-state index in [1.165, 1.54) is 18.2 Å². The Morgan fingerprint density at radius 3 is 2.65 bits per heavy atom. The van der Waals surface area contributed by atoms with Gasteiger partial charge in [-0.25, -0.2) is 4.99 Å². The fraction of sp³-hybridized carbons (Fsp3) is 0.276. The van der Waals surface area contributed by atoms with E-state index in [1.807, 2.05) is 65.6 Å². The van der Waals surface area contributed by atoms with Crippen molar-refractivity contribution in [3.05, 3.63) is 88.0 Å². The van der Waals surface area contributed by atoms with Gasteiger partial charge < -0.3 is 9.47 Å². The Labute approximate surface area is 226 Å². The third-order valence-corrected chi connectivity index (χ3v) is 7.68. The zero-order valence-electron chi connectivity index (χ0n) is 20.6. The van der Waals surface area contributed by atoms with Crippen molar-refractivity contribution in [3.8, 4) is 11.5 Å². The third kappa shape index (κ3) is 6.17. The number of aliphatic imine (C=N–C) groups is 1. The van der Waals surface area contributed by atoms with Crippen molar-refractivity contribution < 1.29 is 14.3 Å². The van der Waals surface area contributed by atoms with Gasteiger partial charge in [0.15, 0.2) is 16.7 Å². The Hall–Kier alpha value is -3.29. The summed E-state index contributed by atoms with van der Waals surface area (Å²) in [4.78, 5) is 25.1. The lowest BCUT2D eigenvalue weighted by Crippen LogP contribution is -2.40. The molecule has 2 heterocycles. The standard InChI is InChI=1S/C29H28ClN3O3S/c1-35-26-16-21(11-14-25(26)36-19-20-9-12-22(30)13-10-20)17-27-28(34)33(24-7-3-2-4-8-24)29(37-27)32-23-6-5-15-31-18-23/h5-6,9-18,24H,2-4,7-8,19H2,1H3/b27-17-,32-29?. The molecule has 6 nitrogen and oxygen atoms in total. The van der Waals surface area contributed by atoms with Crippen LogP contribution in [0.3, 0.4) is 0 Å². The van der Waals surface area contributed by atoms with Gasteiger partial charge in [-0.2, -0.15) is 0 Å². The molecule has 1 saturated carbocycles. The zero-order valence-corrected chi connectivity index (χ0v) is 22.2. The van der Waals surface area contributed by atoms with E-state index in [0.29, 0.717) is 33.2 Å². The molecule has 190 valence electrons. The molecule has 1 aromatic heterocycles. The number of hydrogen-bond donors (Lipinski definition) is 0. The molecule has 1 aliphatic carbocycles. The van der Waals surface area contributed by atoms with Crippen LogP contribution in [-0.4, -0.2) is 34.1 Å². The average molecular weight is 534 g/mol. The molecule has 2 aromatic carbocycles. The fourth-order valence-corrected chi connectivity index (χ4v) is 5.73. The Morgan fingerprint density at radius 1 is 1.11 bits per heavy atom. The first kappa shape index (κ1) is 25.4. The first-order chi connectivity index (χ1) is 18.1. The van der Waals surface area contributed by atoms with E-state index < -0.39 is 0 Å². The second kappa shape index (κ2) is 11.8. The van der Waals surface area contributed by atoms with Crippen molar-refractivity contribution in [1.29, 1.82) is 0 Å². The first-order valence-electron chi connectivity index (χ1n) is 12.4. The number of carbonyl (C=O) groups excluding carboxylic acids is 1. The highest BCUT2D eigenvalue weighted by molar-refractivity contribution is 8.18.